The second kappa shape index (κ2) is 5.61. The number of aliphatic hydroxyl groups is 1. The van der Waals surface area contributed by atoms with Crippen molar-refractivity contribution >= 4 is 10.0 Å². The van der Waals surface area contributed by atoms with Crippen LogP contribution >= 0.6 is 0 Å². The molecule has 0 saturated carbocycles. The van der Waals surface area contributed by atoms with Crippen LogP contribution in [0.3, 0.4) is 0 Å². The Morgan fingerprint density at radius 1 is 1.42 bits per heavy atom. The maximum absolute atomic E-state index is 12.7. The molecule has 0 bridgehead atoms. The Kier molecular flexibility index (Phi) is 4.28. The highest BCUT2D eigenvalue weighted by molar-refractivity contribution is 7.89. The average molecular weight is 283 g/mol. The number of aryl methyl sites for hydroxylation is 1. The van der Waals surface area contributed by atoms with Crippen molar-refractivity contribution in [2.75, 3.05) is 6.54 Å². The fraction of sp³-hybridized carbons (Fsp3) is 0.571. The predicted octanol–water partition coefficient (Wildman–Crippen LogP) is 1.92. The summed E-state index contributed by atoms with van der Waals surface area (Å²) in [4.78, 5) is 0.349. The van der Waals surface area contributed by atoms with Crippen molar-refractivity contribution in [1.29, 1.82) is 0 Å². The largest absolute Gasteiger partial charge is 0.393 e. The molecule has 0 amide bonds. The van der Waals surface area contributed by atoms with Crippen LogP contribution in [0.5, 0.6) is 0 Å². The molecular weight excluding hydrogens is 262 g/mol. The van der Waals surface area contributed by atoms with E-state index < -0.39 is 10.0 Å². The molecule has 2 atom stereocenters. The third-order valence-corrected chi connectivity index (χ3v) is 5.65. The minimum atomic E-state index is -3.45. The van der Waals surface area contributed by atoms with Crippen LogP contribution in [-0.2, 0) is 10.0 Å². The van der Waals surface area contributed by atoms with E-state index in [4.69, 9.17) is 0 Å². The van der Waals surface area contributed by atoms with Gasteiger partial charge in [-0.15, -0.1) is 0 Å². The molecule has 1 aliphatic rings. The molecule has 1 N–H and O–H groups in total. The first kappa shape index (κ1) is 14.5. The van der Waals surface area contributed by atoms with Gasteiger partial charge in [-0.2, -0.15) is 4.31 Å². The van der Waals surface area contributed by atoms with Gasteiger partial charge in [-0.05, 0) is 43.9 Å². The van der Waals surface area contributed by atoms with Crippen LogP contribution in [-0.4, -0.2) is 36.5 Å². The van der Waals surface area contributed by atoms with Gasteiger partial charge in [0.05, 0.1) is 11.0 Å². The number of aliphatic hydroxyl groups excluding tert-OH is 1. The molecule has 0 unspecified atom stereocenters. The predicted molar refractivity (Wildman–Crippen MR) is 74.4 cm³/mol. The number of nitrogens with zero attached hydrogens (tertiary/aromatic N) is 1. The lowest BCUT2D eigenvalue weighted by Gasteiger charge is -2.36. The van der Waals surface area contributed by atoms with Gasteiger partial charge in [0.1, 0.15) is 0 Å². The zero-order chi connectivity index (χ0) is 14.0. The van der Waals surface area contributed by atoms with Crippen LogP contribution in [0.15, 0.2) is 29.2 Å². The Morgan fingerprint density at radius 2 is 2.16 bits per heavy atom. The monoisotopic (exact) mass is 283 g/mol. The molecular formula is C14H21NO3S. The van der Waals surface area contributed by atoms with Gasteiger partial charge in [0.25, 0.3) is 0 Å². The molecule has 5 heteroatoms. The van der Waals surface area contributed by atoms with Crippen LogP contribution in [0.4, 0.5) is 0 Å². The first-order chi connectivity index (χ1) is 8.95. The van der Waals surface area contributed by atoms with Crippen molar-refractivity contribution in [3.63, 3.8) is 0 Å². The standard InChI is InChI=1S/C14H21NO3S/c1-3-12-10-13(16)7-8-15(12)19(17,18)14-6-4-5-11(2)9-14/h4-6,9,12-13,16H,3,7-8,10H2,1-2H3/t12-,13-/m0/s1. The van der Waals surface area contributed by atoms with Crippen molar-refractivity contribution in [3.05, 3.63) is 29.8 Å². The van der Waals surface area contributed by atoms with E-state index in [1.54, 1.807) is 22.5 Å². The van der Waals surface area contributed by atoms with Gasteiger partial charge in [0.2, 0.25) is 10.0 Å². The minimum Gasteiger partial charge on any atom is -0.393 e. The number of rotatable bonds is 3. The highest BCUT2D eigenvalue weighted by Gasteiger charge is 2.35. The molecule has 2 rings (SSSR count). The maximum atomic E-state index is 12.7. The number of benzene rings is 1. The fourth-order valence-electron chi connectivity index (χ4n) is 2.61. The fourth-order valence-corrected chi connectivity index (χ4v) is 4.44. The van der Waals surface area contributed by atoms with E-state index in [-0.39, 0.29) is 12.1 Å². The van der Waals surface area contributed by atoms with Gasteiger partial charge < -0.3 is 5.11 Å². The molecule has 106 valence electrons. The summed E-state index contributed by atoms with van der Waals surface area (Å²) in [5, 5.41) is 9.69. The normalized spacial score (nSPS) is 25.4. The minimum absolute atomic E-state index is 0.103. The zero-order valence-electron chi connectivity index (χ0n) is 11.4. The Bertz CT molecular complexity index is 541. The topological polar surface area (TPSA) is 57.6 Å². The average Bonchev–Trinajstić information content (AvgIpc) is 2.38. The number of hydrogen-bond donors (Lipinski definition) is 1. The molecule has 1 aliphatic heterocycles. The van der Waals surface area contributed by atoms with Crippen LogP contribution in [0.25, 0.3) is 0 Å². The van der Waals surface area contributed by atoms with Gasteiger partial charge in [-0.1, -0.05) is 19.1 Å². The van der Waals surface area contributed by atoms with Crippen molar-refractivity contribution < 1.29 is 13.5 Å². The summed E-state index contributed by atoms with van der Waals surface area (Å²) in [7, 11) is -3.45. The molecule has 1 aromatic rings. The Hall–Kier alpha value is -0.910. The molecule has 1 heterocycles. The van der Waals surface area contributed by atoms with Crippen molar-refractivity contribution in [2.45, 2.75) is 50.2 Å². The highest BCUT2D eigenvalue weighted by atomic mass is 32.2. The molecule has 1 saturated heterocycles. The Labute approximate surface area is 115 Å². The SMILES string of the molecule is CC[C@H]1C[C@@H](O)CCN1S(=O)(=O)c1cccc(C)c1. The van der Waals surface area contributed by atoms with Crippen LogP contribution in [0.2, 0.25) is 0 Å². The quantitative estimate of drug-likeness (QED) is 0.922. The van der Waals surface area contributed by atoms with Crippen LogP contribution in [0, 0.1) is 6.92 Å². The van der Waals surface area contributed by atoms with Crippen LogP contribution in [0.1, 0.15) is 31.7 Å². The maximum Gasteiger partial charge on any atom is 0.243 e. The summed E-state index contributed by atoms with van der Waals surface area (Å²) >= 11 is 0. The lowest BCUT2D eigenvalue weighted by Crippen LogP contribution is -2.47. The summed E-state index contributed by atoms with van der Waals surface area (Å²) in [5.74, 6) is 0. The number of sulfonamides is 1. The van der Waals surface area contributed by atoms with E-state index >= 15 is 0 Å². The van der Waals surface area contributed by atoms with Gasteiger partial charge in [-0.25, -0.2) is 8.42 Å². The highest BCUT2D eigenvalue weighted by Crippen LogP contribution is 2.27. The van der Waals surface area contributed by atoms with Gasteiger partial charge in [0.15, 0.2) is 0 Å². The van der Waals surface area contributed by atoms with E-state index in [0.29, 0.717) is 24.3 Å². The molecule has 0 aliphatic carbocycles. The molecule has 1 fully saturated rings. The molecule has 0 radical (unpaired) electrons. The van der Waals surface area contributed by atoms with Gasteiger partial charge in [0, 0.05) is 12.6 Å². The van der Waals surface area contributed by atoms with Crippen molar-refractivity contribution in [3.8, 4) is 0 Å². The Balaban J connectivity index is 2.33. The van der Waals surface area contributed by atoms with Gasteiger partial charge >= 0.3 is 0 Å². The molecule has 19 heavy (non-hydrogen) atoms. The van der Waals surface area contributed by atoms with Crippen LogP contribution < -0.4 is 0 Å². The number of piperidine rings is 1. The van der Waals surface area contributed by atoms with Gasteiger partial charge in [-0.3, -0.25) is 0 Å². The third-order valence-electron chi connectivity index (χ3n) is 3.70. The first-order valence-corrected chi connectivity index (χ1v) is 8.15. The molecule has 1 aromatic carbocycles. The van der Waals surface area contributed by atoms with E-state index in [1.807, 2.05) is 19.9 Å². The summed E-state index contributed by atoms with van der Waals surface area (Å²) in [6.07, 6.45) is 1.39. The van der Waals surface area contributed by atoms with E-state index in [1.165, 1.54) is 0 Å². The smallest absolute Gasteiger partial charge is 0.243 e. The van der Waals surface area contributed by atoms with E-state index in [0.717, 1.165) is 12.0 Å². The van der Waals surface area contributed by atoms with Crippen molar-refractivity contribution in [2.24, 2.45) is 0 Å². The summed E-state index contributed by atoms with van der Waals surface area (Å²) in [6.45, 7) is 4.24. The molecule has 0 aromatic heterocycles. The first-order valence-electron chi connectivity index (χ1n) is 6.71. The molecule has 4 nitrogen and oxygen atoms in total. The summed E-state index contributed by atoms with van der Waals surface area (Å²) in [5.41, 5.74) is 0.936. The lowest BCUT2D eigenvalue weighted by atomic mass is 10.0. The van der Waals surface area contributed by atoms with E-state index in [9.17, 15) is 13.5 Å². The lowest BCUT2D eigenvalue weighted by molar-refractivity contribution is 0.0797. The number of hydrogen-bond acceptors (Lipinski definition) is 3. The Morgan fingerprint density at radius 3 is 2.79 bits per heavy atom. The third kappa shape index (κ3) is 2.99. The zero-order valence-corrected chi connectivity index (χ0v) is 12.2. The molecule has 0 spiro atoms. The summed E-state index contributed by atoms with van der Waals surface area (Å²) in [6, 6.07) is 6.89. The van der Waals surface area contributed by atoms with Crippen molar-refractivity contribution in [1.82, 2.24) is 4.31 Å². The van der Waals surface area contributed by atoms with E-state index in [2.05, 4.69) is 0 Å². The second-order valence-corrected chi connectivity index (χ2v) is 7.06. The second-order valence-electron chi connectivity index (χ2n) is 5.17. The summed E-state index contributed by atoms with van der Waals surface area (Å²) < 4.78 is 26.9.